The zero-order valence-electron chi connectivity index (χ0n) is 17.2. The average Bonchev–Trinajstić information content (AvgIpc) is 2.95. The highest BCUT2D eigenvalue weighted by atomic mass is 31.2. The first-order valence-electron chi connectivity index (χ1n) is 10.3. The molecule has 0 aliphatic carbocycles. The molecule has 0 spiro atoms. The molecule has 1 unspecified atom stereocenters. The summed E-state index contributed by atoms with van der Waals surface area (Å²) in [6.45, 7) is 8.02. The molecule has 0 fully saturated rings. The highest BCUT2D eigenvalue weighted by molar-refractivity contribution is 7.48. The summed E-state index contributed by atoms with van der Waals surface area (Å²) in [6, 6.07) is 0. The molecule has 26 heavy (non-hydrogen) atoms. The van der Waals surface area contributed by atoms with Gasteiger partial charge in [-0.1, -0.05) is 59.3 Å². The van der Waals surface area contributed by atoms with Crippen molar-refractivity contribution in [1.82, 2.24) is 9.80 Å². The number of nitrogens with zero attached hydrogens (tertiary/aromatic N) is 2. The van der Waals surface area contributed by atoms with Crippen molar-refractivity contribution in [2.45, 2.75) is 84.9 Å². The van der Waals surface area contributed by atoms with E-state index in [-0.39, 0.29) is 0 Å². The van der Waals surface area contributed by atoms with Crippen molar-refractivity contribution in [2.75, 3.05) is 26.8 Å². The Balaban J connectivity index is 2.58. The van der Waals surface area contributed by atoms with Gasteiger partial charge in [-0.15, -0.1) is 0 Å². The Kier molecular flexibility index (Phi) is 12.3. The molecule has 0 aromatic carbocycles. The van der Waals surface area contributed by atoms with Gasteiger partial charge < -0.3 is 9.80 Å². The van der Waals surface area contributed by atoms with Crippen LogP contribution in [0, 0.1) is 0 Å². The van der Waals surface area contributed by atoms with E-state index in [4.69, 9.17) is 13.6 Å². The SMILES string of the molecule is CCCCCCCN1C=CN(C)C1OP(=O)(OCCCC)OCCCC. The summed E-state index contributed by atoms with van der Waals surface area (Å²) >= 11 is 0. The van der Waals surface area contributed by atoms with Gasteiger partial charge in [0, 0.05) is 26.0 Å². The molecular formula is C19H39N2O4P. The van der Waals surface area contributed by atoms with E-state index in [0.717, 1.165) is 38.6 Å². The molecule has 6 nitrogen and oxygen atoms in total. The van der Waals surface area contributed by atoms with E-state index < -0.39 is 14.2 Å². The fourth-order valence-electron chi connectivity index (χ4n) is 2.64. The van der Waals surface area contributed by atoms with Crippen molar-refractivity contribution in [3.63, 3.8) is 0 Å². The van der Waals surface area contributed by atoms with Gasteiger partial charge in [0.1, 0.15) is 0 Å². The van der Waals surface area contributed by atoms with Gasteiger partial charge >= 0.3 is 7.82 Å². The molecule has 1 aliphatic heterocycles. The molecule has 1 rings (SSSR count). The van der Waals surface area contributed by atoms with E-state index in [1.165, 1.54) is 25.7 Å². The topological polar surface area (TPSA) is 51.2 Å². The monoisotopic (exact) mass is 390 g/mol. The van der Waals surface area contributed by atoms with Gasteiger partial charge in [0.15, 0.2) is 0 Å². The van der Waals surface area contributed by atoms with E-state index in [1.807, 2.05) is 24.3 Å². The van der Waals surface area contributed by atoms with E-state index in [1.54, 1.807) is 0 Å². The van der Waals surface area contributed by atoms with E-state index in [9.17, 15) is 4.57 Å². The predicted molar refractivity (Wildman–Crippen MR) is 107 cm³/mol. The average molecular weight is 391 g/mol. The molecule has 0 bridgehead atoms. The van der Waals surface area contributed by atoms with Gasteiger partial charge in [-0.25, -0.2) is 9.09 Å². The molecule has 0 aromatic rings. The maximum atomic E-state index is 13.1. The van der Waals surface area contributed by atoms with Gasteiger partial charge in [0.05, 0.1) is 13.2 Å². The van der Waals surface area contributed by atoms with Crippen LogP contribution in [0.2, 0.25) is 0 Å². The molecule has 1 heterocycles. The second-order valence-electron chi connectivity index (χ2n) is 6.87. The maximum absolute atomic E-state index is 13.1. The Morgan fingerprint density at radius 2 is 1.42 bits per heavy atom. The van der Waals surface area contributed by atoms with Gasteiger partial charge in [-0.2, -0.15) is 0 Å². The van der Waals surface area contributed by atoms with Gasteiger partial charge in [-0.05, 0) is 19.3 Å². The van der Waals surface area contributed by atoms with Crippen LogP contribution in [0.25, 0.3) is 0 Å². The van der Waals surface area contributed by atoms with Crippen molar-refractivity contribution in [3.8, 4) is 0 Å². The van der Waals surface area contributed by atoms with Crippen LogP contribution in [0.1, 0.15) is 78.6 Å². The summed E-state index contributed by atoms with van der Waals surface area (Å²) in [5, 5.41) is 0. The van der Waals surface area contributed by atoms with Crippen LogP contribution in [-0.2, 0) is 18.1 Å². The van der Waals surface area contributed by atoms with Crippen LogP contribution in [-0.4, -0.2) is 43.0 Å². The molecule has 0 saturated carbocycles. The molecule has 0 amide bonds. The fraction of sp³-hybridized carbons (Fsp3) is 0.895. The summed E-state index contributed by atoms with van der Waals surface area (Å²) in [6.07, 6.45) is 13.2. The molecule has 7 heteroatoms. The summed E-state index contributed by atoms with van der Waals surface area (Å²) in [4.78, 5) is 3.98. The Morgan fingerprint density at radius 3 is 2.00 bits per heavy atom. The lowest BCUT2D eigenvalue weighted by molar-refractivity contribution is -0.0463. The molecule has 0 N–H and O–H groups in total. The maximum Gasteiger partial charge on any atom is 0.478 e. The Hall–Kier alpha value is -0.550. The number of rotatable bonds is 16. The number of phosphoric ester groups is 1. The third-order valence-corrected chi connectivity index (χ3v) is 5.81. The lowest BCUT2D eigenvalue weighted by Crippen LogP contribution is -2.39. The second-order valence-corrected chi connectivity index (χ2v) is 8.49. The Morgan fingerprint density at radius 1 is 0.846 bits per heavy atom. The van der Waals surface area contributed by atoms with Crippen LogP contribution in [0.3, 0.4) is 0 Å². The summed E-state index contributed by atoms with van der Waals surface area (Å²) in [7, 11) is -1.66. The smallest absolute Gasteiger partial charge is 0.337 e. The third-order valence-electron chi connectivity index (χ3n) is 4.36. The van der Waals surface area contributed by atoms with Gasteiger partial charge in [0.25, 0.3) is 0 Å². The number of phosphoric acid groups is 1. The largest absolute Gasteiger partial charge is 0.478 e. The van der Waals surface area contributed by atoms with Crippen molar-refractivity contribution in [3.05, 3.63) is 12.4 Å². The number of hydrogen-bond acceptors (Lipinski definition) is 6. The fourth-order valence-corrected chi connectivity index (χ4v) is 4.05. The quantitative estimate of drug-likeness (QED) is 0.248. The molecule has 1 aliphatic rings. The normalized spacial score (nSPS) is 17.5. The van der Waals surface area contributed by atoms with Crippen molar-refractivity contribution in [1.29, 1.82) is 0 Å². The summed E-state index contributed by atoms with van der Waals surface area (Å²) in [5.41, 5.74) is 0. The first-order chi connectivity index (χ1) is 12.6. The standard InChI is InChI=1S/C19H39N2O4P/c1-5-8-11-12-13-14-21-16-15-20(4)19(21)25-26(22,23-17-9-6-2)24-18-10-7-3/h15-16,19H,5-14,17-18H2,1-4H3. The van der Waals surface area contributed by atoms with Crippen LogP contribution >= 0.6 is 7.82 Å². The minimum absolute atomic E-state index is 0.390. The molecular weight excluding hydrogens is 351 g/mol. The predicted octanol–water partition coefficient (Wildman–Crippen LogP) is 5.72. The Labute approximate surface area is 160 Å². The molecule has 0 saturated heterocycles. The number of hydrogen-bond donors (Lipinski definition) is 0. The minimum Gasteiger partial charge on any atom is -0.337 e. The summed E-state index contributed by atoms with van der Waals surface area (Å²) in [5.74, 6) is 0. The number of unbranched alkanes of at least 4 members (excludes halogenated alkanes) is 6. The van der Waals surface area contributed by atoms with Crippen molar-refractivity contribution < 1.29 is 18.1 Å². The van der Waals surface area contributed by atoms with Crippen molar-refractivity contribution in [2.24, 2.45) is 0 Å². The minimum atomic E-state index is -3.58. The zero-order valence-corrected chi connectivity index (χ0v) is 18.1. The highest BCUT2D eigenvalue weighted by Gasteiger charge is 2.36. The first kappa shape index (κ1) is 23.5. The molecule has 0 radical (unpaired) electrons. The highest BCUT2D eigenvalue weighted by Crippen LogP contribution is 2.52. The lowest BCUT2D eigenvalue weighted by atomic mass is 10.1. The lowest BCUT2D eigenvalue weighted by Gasteiger charge is -2.32. The van der Waals surface area contributed by atoms with Crippen LogP contribution in [0.5, 0.6) is 0 Å². The van der Waals surface area contributed by atoms with Crippen LogP contribution < -0.4 is 0 Å². The first-order valence-corrected chi connectivity index (χ1v) is 11.8. The summed E-state index contributed by atoms with van der Waals surface area (Å²) < 4.78 is 30.1. The van der Waals surface area contributed by atoms with E-state index in [0.29, 0.717) is 13.2 Å². The molecule has 154 valence electrons. The van der Waals surface area contributed by atoms with E-state index >= 15 is 0 Å². The van der Waals surface area contributed by atoms with E-state index in [2.05, 4.69) is 25.7 Å². The van der Waals surface area contributed by atoms with Crippen LogP contribution in [0.4, 0.5) is 0 Å². The molecule has 0 aromatic heterocycles. The van der Waals surface area contributed by atoms with Crippen molar-refractivity contribution >= 4 is 7.82 Å². The Bertz CT molecular complexity index is 420. The third kappa shape index (κ3) is 8.90. The van der Waals surface area contributed by atoms with Gasteiger partial charge in [0.2, 0.25) is 6.35 Å². The second kappa shape index (κ2) is 13.6. The zero-order chi connectivity index (χ0) is 19.3. The molecule has 1 atom stereocenters. The van der Waals surface area contributed by atoms with Crippen LogP contribution in [0.15, 0.2) is 12.4 Å². The van der Waals surface area contributed by atoms with Gasteiger partial charge in [-0.3, -0.25) is 9.05 Å².